The van der Waals surface area contributed by atoms with E-state index in [0.29, 0.717) is 0 Å². The fraction of sp³-hybridized carbons (Fsp3) is 0.167. The lowest BCUT2D eigenvalue weighted by Gasteiger charge is -1.91. The zero-order valence-electron chi connectivity index (χ0n) is 6.86. The zero-order chi connectivity index (χ0) is 9.97. The van der Waals surface area contributed by atoms with Gasteiger partial charge in [-0.15, -0.1) is 0 Å². The van der Waals surface area contributed by atoms with Crippen LogP contribution in [0.4, 0.5) is 0 Å². The molecule has 0 saturated carbocycles. The van der Waals surface area contributed by atoms with E-state index in [0.717, 1.165) is 0 Å². The normalized spacial score (nSPS) is 10.3. The second kappa shape index (κ2) is 3.24. The van der Waals surface area contributed by atoms with Crippen molar-refractivity contribution in [1.82, 2.24) is 24.9 Å². The van der Waals surface area contributed by atoms with Gasteiger partial charge >= 0.3 is 5.97 Å². The van der Waals surface area contributed by atoms with E-state index in [1.807, 2.05) is 0 Å². The number of carbonyl (C=O) groups is 1. The molecule has 0 bridgehead atoms. The van der Waals surface area contributed by atoms with Crippen LogP contribution in [0.25, 0.3) is 0 Å². The van der Waals surface area contributed by atoms with E-state index in [9.17, 15) is 4.79 Å². The maximum absolute atomic E-state index is 10.4. The molecule has 0 aliphatic heterocycles. The van der Waals surface area contributed by atoms with E-state index < -0.39 is 5.97 Å². The summed E-state index contributed by atoms with van der Waals surface area (Å²) in [4.78, 5) is 17.7. The van der Waals surface area contributed by atoms with Crippen LogP contribution >= 0.6 is 0 Å². The highest BCUT2D eigenvalue weighted by Crippen LogP contribution is 1.98. The van der Waals surface area contributed by atoms with Crippen LogP contribution in [0.1, 0.15) is 16.5 Å². The Labute approximate surface area is 77.2 Å². The first-order valence-electron chi connectivity index (χ1n) is 3.64. The molecule has 0 spiro atoms. The first-order chi connectivity index (χ1) is 6.75. The van der Waals surface area contributed by atoms with Crippen LogP contribution in [0.5, 0.6) is 0 Å². The van der Waals surface area contributed by atoms with Crippen LogP contribution in [0.3, 0.4) is 0 Å². The Hall–Kier alpha value is -2.25. The Morgan fingerprint density at radius 2 is 2.50 bits per heavy atom. The van der Waals surface area contributed by atoms with Crippen molar-refractivity contribution in [2.75, 3.05) is 0 Å². The van der Waals surface area contributed by atoms with Gasteiger partial charge in [0.1, 0.15) is 19.2 Å². The molecule has 0 aliphatic rings. The molecule has 8 nitrogen and oxygen atoms in total. The van der Waals surface area contributed by atoms with E-state index in [1.54, 1.807) is 0 Å². The third-order valence-electron chi connectivity index (χ3n) is 1.42. The molecule has 0 aromatic carbocycles. The maximum Gasteiger partial charge on any atom is 0.377 e. The number of rotatable bonds is 3. The second-order valence-corrected chi connectivity index (χ2v) is 2.41. The van der Waals surface area contributed by atoms with Crippen LogP contribution in [-0.2, 0) is 6.54 Å². The van der Waals surface area contributed by atoms with Gasteiger partial charge in [0.2, 0.25) is 5.89 Å². The van der Waals surface area contributed by atoms with Crippen LogP contribution < -0.4 is 0 Å². The average molecular weight is 195 g/mol. The first-order valence-corrected chi connectivity index (χ1v) is 3.64. The van der Waals surface area contributed by atoms with E-state index >= 15 is 0 Å². The molecule has 0 fully saturated rings. The minimum absolute atomic E-state index is 0.174. The summed E-state index contributed by atoms with van der Waals surface area (Å²) in [5.41, 5.74) is 0. The molecule has 2 aromatic heterocycles. The lowest BCUT2D eigenvalue weighted by molar-refractivity contribution is 0.0680. The van der Waals surface area contributed by atoms with Gasteiger partial charge in [-0.25, -0.2) is 14.5 Å². The average Bonchev–Trinajstić information content (AvgIpc) is 2.75. The quantitative estimate of drug-likeness (QED) is 0.697. The summed E-state index contributed by atoms with van der Waals surface area (Å²) in [5.74, 6) is -1.41. The Kier molecular flexibility index (Phi) is 1.94. The molecular weight excluding hydrogens is 190 g/mol. The Morgan fingerprint density at radius 3 is 3.07 bits per heavy atom. The molecule has 0 radical (unpaired) electrons. The molecule has 14 heavy (non-hydrogen) atoms. The van der Waals surface area contributed by atoms with Gasteiger partial charge in [0.25, 0.3) is 5.82 Å². The fourth-order valence-electron chi connectivity index (χ4n) is 0.859. The van der Waals surface area contributed by atoms with E-state index in [2.05, 4.69) is 24.7 Å². The van der Waals surface area contributed by atoms with Crippen LogP contribution in [0.2, 0.25) is 0 Å². The minimum Gasteiger partial charge on any atom is -0.475 e. The second-order valence-electron chi connectivity index (χ2n) is 2.41. The zero-order valence-corrected chi connectivity index (χ0v) is 6.86. The van der Waals surface area contributed by atoms with Crippen molar-refractivity contribution in [1.29, 1.82) is 0 Å². The van der Waals surface area contributed by atoms with Gasteiger partial charge in [0.05, 0.1) is 0 Å². The predicted octanol–water partition coefficient (Wildman–Crippen LogP) is -0.592. The number of carboxylic acids is 1. The molecule has 8 heteroatoms. The molecule has 0 saturated heterocycles. The highest BCUT2D eigenvalue weighted by atomic mass is 16.5. The predicted molar refractivity (Wildman–Crippen MR) is 40.4 cm³/mol. The standard InChI is InChI=1S/C6H5N5O3/c12-6(13)5-9-4(14-10-5)1-11-3-7-2-8-11/h2-3H,1H2,(H,12,13). The lowest BCUT2D eigenvalue weighted by Crippen LogP contribution is -2.02. The fourth-order valence-corrected chi connectivity index (χ4v) is 0.859. The molecule has 2 rings (SSSR count). The van der Waals surface area contributed by atoms with Crippen LogP contribution in [0.15, 0.2) is 17.2 Å². The van der Waals surface area contributed by atoms with Gasteiger partial charge < -0.3 is 9.63 Å². The molecular formula is C6H5N5O3. The van der Waals surface area contributed by atoms with Crippen molar-refractivity contribution < 1.29 is 14.4 Å². The highest BCUT2D eigenvalue weighted by Gasteiger charge is 2.12. The van der Waals surface area contributed by atoms with Gasteiger partial charge in [-0.05, 0) is 5.16 Å². The summed E-state index contributed by atoms with van der Waals surface area (Å²) in [7, 11) is 0. The summed E-state index contributed by atoms with van der Waals surface area (Å²) in [6.45, 7) is 0.209. The summed E-state index contributed by atoms with van der Waals surface area (Å²) in [5, 5.41) is 15.5. The molecule has 0 aliphatic carbocycles. The maximum atomic E-state index is 10.4. The molecule has 0 atom stereocenters. The van der Waals surface area contributed by atoms with Crippen LogP contribution in [0, 0.1) is 0 Å². The molecule has 1 N–H and O–H groups in total. The molecule has 2 aromatic rings. The van der Waals surface area contributed by atoms with Gasteiger partial charge in [-0.3, -0.25) is 0 Å². The smallest absolute Gasteiger partial charge is 0.377 e. The van der Waals surface area contributed by atoms with Crippen molar-refractivity contribution >= 4 is 5.97 Å². The summed E-state index contributed by atoms with van der Waals surface area (Å²) >= 11 is 0. The van der Waals surface area contributed by atoms with Crippen molar-refractivity contribution in [3.63, 3.8) is 0 Å². The van der Waals surface area contributed by atoms with Crippen LogP contribution in [-0.4, -0.2) is 36.0 Å². The summed E-state index contributed by atoms with van der Waals surface area (Å²) < 4.78 is 6.11. The SMILES string of the molecule is O=C(O)c1noc(Cn2cncn2)n1. The molecule has 0 amide bonds. The monoisotopic (exact) mass is 195 g/mol. The van der Waals surface area contributed by atoms with E-state index in [4.69, 9.17) is 5.11 Å². The third-order valence-corrected chi connectivity index (χ3v) is 1.42. The summed E-state index contributed by atoms with van der Waals surface area (Å²) in [6, 6.07) is 0. The van der Waals surface area contributed by atoms with Gasteiger partial charge in [0.15, 0.2) is 0 Å². The summed E-state index contributed by atoms with van der Waals surface area (Å²) in [6.07, 6.45) is 2.82. The largest absolute Gasteiger partial charge is 0.475 e. The number of aromatic carboxylic acids is 1. The third kappa shape index (κ3) is 1.58. The number of hydrogen-bond acceptors (Lipinski definition) is 6. The highest BCUT2D eigenvalue weighted by molar-refractivity contribution is 5.82. The first kappa shape index (κ1) is 8.35. The number of hydrogen-bond donors (Lipinski definition) is 1. The van der Waals surface area contributed by atoms with Gasteiger partial charge in [-0.2, -0.15) is 10.1 Å². The number of carboxylic acid groups (broad SMARTS) is 1. The Morgan fingerprint density at radius 1 is 1.64 bits per heavy atom. The van der Waals surface area contributed by atoms with Gasteiger partial charge in [0, 0.05) is 0 Å². The van der Waals surface area contributed by atoms with E-state index in [-0.39, 0.29) is 18.3 Å². The minimum atomic E-state index is -1.22. The molecule has 0 unspecified atom stereocenters. The Bertz CT molecular complexity index is 434. The molecule has 2 heterocycles. The number of nitrogens with zero attached hydrogens (tertiary/aromatic N) is 5. The molecule has 72 valence electrons. The van der Waals surface area contributed by atoms with Crippen molar-refractivity contribution in [2.45, 2.75) is 6.54 Å². The topological polar surface area (TPSA) is 107 Å². The number of aromatic nitrogens is 5. The van der Waals surface area contributed by atoms with Crippen molar-refractivity contribution in [2.24, 2.45) is 0 Å². The van der Waals surface area contributed by atoms with Gasteiger partial charge in [-0.1, -0.05) is 0 Å². The Balaban J connectivity index is 2.14. The lowest BCUT2D eigenvalue weighted by atomic mass is 10.6. The van der Waals surface area contributed by atoms with Crippen molar-refractivity contribution in [3.05, 3.63) is 24.4 Å². The van der Waals surface area contributed by atoms with Crippen molar-refractivity contribution in [3.8, 4) is 0 Å². The van der Waals surface area contributed by atoms with E-state index in [1.165, 1.54) is 17.3 Å².